The van der Waals surface area contributed by atoms with Gasteiger partial charge in [0.05, 0.1) is 0 Å². The Kier molecular flexibility index (Phi) is 2.52. The molecule has 0 saturated carbocycles. The van der Waals surface area contributed by atoms with E-state index >= 15 is 0 Å². The summed E-state index contributed by atoms with van der Waals surface area (Å²) in [7, 11) is 0. The van der Waals surface area contributed by atoms with Crippen molar-refractivity contribution < 1.29 is 0 Å². The summed E-state index contributed by atoms with van der Waals surface area (Å²) in [5.41, 5.74) is 2.24. The number of nitrogens with one attached hydrogen (secondary N) is 1. The van der Waals surface area contributed by atoms with Crippen molar-refractivity contribution in [2.24, 2.45) is 4.99 Å². The minimum Gasteiger partial charge on any atom is -0.305 e. The molecule has 1 aromatic carbocycles. The molecule has 0 bridgehead atoms. The van der Waals surface area contributed by atoms with Gasteiger partial charge in [-0.2, -0.15) is 0 Å². The molecule has 4 heteroatoms. The van der Waals surface area contributed by atoms with Crippen LogP contribution in [0.4, 0.5) is 0 Å². The molecule has 0 amide bonds. The van der Waals surface area contributed by atoms with E-state index in [9.17, 15) is 0 Å². The van der Waals surface area contributed by atoms with Crippen LogP contribution >= 0.6 is 11.8 Å². The highest BCUT2D eigenvalue weighted by Gasteiger charge is 2.28. The third-order valence-corrected chi connectivity index (χ3v) is 3.98. The van der Waals surface area contributed by atoms with Crippen molar-refractivity contribution in [3.05, 3.63) is 35.9 Å². The van der Waals surface area contributed by atoms with Gasteiger partial charge >= 0.3 is 0 Å². The molecule has 3 nitrogen and oxygen atoms in total. The maximum absolute atomic E-state index is 8.03. The number of benzene rings is 1. The fourth-order valence-electron chi connectivity index (χ4n) is 2.13. The Balaban J connectivity index is 2.17. The van der Waals surface area contributed by atoms with Gasteiger partial charge in [-0.1, -0.05) is 30.5 Å². The maximum Gasteiger partial charge on any atom is 0.166 e. The molecule has 2 heterocycles. The van der Waals surface area contributed by atoms with E-state index in [-0.39, 0.29) is 0 Å². The second-order valence-corrected chi connectivity index (χ2v) is 5.11. The largest absolute Gasteiger partial charge is 0.305 e. The van der Waals surface area contributed by atoms with Crippen LogP contribution in [-0.4, -0.2) is 29.0 Å². The highest BCUT2D eigenvalue weighted by molar-refractivity contribution is 8.14. The lowest BCUT2D eigenvalue weighted by atomic mass is 10.1. The molecule has 2 aliphatic rings. The van der Waals surface area contributed by atoms with Gasteiger partial charge < -0.3 is 4.90 Å². The lowest BCUT2D eigenvalue weighted by Gasteiger charge is -2.34. The molecule has 17 heavy (non-hydrogen) atoms. The van der Waals surface area contributed by atoms with E-state index in [0.29, 0.717) is 5.17 Å². The molecule has 0 atom stereocenters. The Morgan fingerprint density at radius 3 is 3.18 bits per heavy atom. The third kappa shape index (κ3) is 1.69. The van der Waals surface area contributed by atoms with Gasteiger partial charge in [-0.3, -0.25) is 10.4 Å². The zero-order chi connectivity index (χ0) is 11.8. The predicted octanol–water partition coefficient (Wildman–Crippen LogP) is 2.82. The van der Waals surface area contributed by atoms with E-state index < -0.39 is 0 Å². The number of hydrogen-bond donors (Lipinski definition) is 1. The Labute approximate surface area is 105 Å². The molecule has 0 spiro atoms. The zero-order valence-corrected chi connectivity index (χ0v) is 10.3. The van der Waals surface area contributed by atoms with Gasteiger partial charge in [0.25, 0.3) is 0 Å². The third-order valence-electron chi connectivity index (χ3n) is 2.99. The second kappa shape index (κ2) is 4.04. The van der Waals surface area contributed by atoms with Crippen molar-refractivity contribution in [2.45, 2.75) is 11.3 Å². The van der Waals surface area contributed by atoms with E-state index in [1.54, 1.807) is 0 Å². The summed E-state index contributed by atoms with van der Waals surface area (Å²) < 4.78 is 0. The highest BCUT2D eigenvalue weighted by Crippen LogP contribution is 2.34. The normalized spacial score (nSPS) is 18.2. The highest BCUT2D eigenvalue weighted by atomic mass is 32.2. The lowest BCUT2D eigenvalue weighted by molar-refractivity contribution is 0.552. The van der Waals surface area contributed by atoms with Gasteiger partial charge in [0.15, 0.2) is 5.17 Å². The fraction of sp³-hybridized carbons (Fsp3) is 0.231. The molecule has 0 unspecified atom stereocenters. The first-order valence-electron chi connectivity index (χ1n) is 5.65. The number of aliphatic imine (C=N–C) groups is 1. The minimum atomic E-state index is 0.585. The standard InChI is InChI=1S/C13H13N3S/c1-2-9-4-5-11-10(8-9)12-15-6-3-7-16(12)13(14)17-11/h2,4-5,8,14H,1,3,6-7H2. The monoisotopic (exact) mass is 243 g/mol. The molecule has 1 N–H and O–H groups in total. The van der Waals surface area contributed by atoms with Crippen LogP contribution in [0.3, 0.4) is 0 Å². The SMILES string of the molecule is C=Cc1ccc2c(c1)C1=NCCCN1C(=N)S2. The van der Waals surface area contributed by atoms with Gasteiger partial charge in [0.2, 0.25) is 0 Å². The smallest absolute Gasteiger partial charge is 0.166 e. The molecule has 86 valence electrons. The molecule has 0 radical (unpaired) electrons. The molecule has 0 aliphatic carbocycles. The average Bonchev–Trinajstić information content (AvgIpc) is 2.39. The van der Waals surface area contributed by atoms with Crippen molar-refractivity contribution in [2.75, 3.05) is 13.1 Å². The van der Waals surface area contributed by atoms with Crippen molar-refractivity contribution in [3.63, 3.8) is 0 Å². The van der Waals surface area contributed by atoms with Gasteiger partial charge in [-0.05, 0) is 24.1 Å². The van der Waals surface area contributed by atoms with Crippen LogP contribution in [0.5, 0.6) is 0 Å². The number of amidine groups is 2. The summed E-state index contributed by atoms with van der Waals surface area (Å²) in [6.07, 6.45) is 2.88. The zero-order valence-electron chi connectivity index (χ0n) is 9.44. The fourth-order valence-corrected chi connectivity index (χ4v) is 3.02. The van der Waals surface area contributed by atoms with Crippen molar-refractivity contribution in [3.8, 4) is 0 Å². The van der Waals surface area contributed by atoms with Crippen molar-refractivity contribution in [1.82, 2.24) is 4.90 Å². The summed E-state index contributed by atoms with van der Waals surface area (Å²) in [5.74, 6) is 0.957. The van der Waals surface area contributed by atoms with Crippen LogP contribution < -0.4 is 0 Å². The summed E-state index contributed by atoms with van der Waals surface area (Å²) in [6, 6.07) is 6.20. The Hall–Kier alpha value is -1.55. The summed E-state index contributed by atoms with van der Waals surface area (Å²) >= 11 is 1.51. The number of fused-ring (bicyclic) bond motifs is 3. The van der Waals surface area contributed by atoms with E-state index in [1.807, 2.05) is 17.0 Å². The van der Waals surface area contributed by atoms with Gasteiger partial charge in [-0.15, -0.1) is 0 Å². The van der Waals surface area contributed by atoms with E-state index in [4.69, 9.17) is 5.41 Å². The number of hydrogen-bond acceptors (Lipinski definition) is 3. The van der Waals surface area contributed by atoms with Crippen molar-refractivity contribution in [1.29, 1.82) is 5.41 Å². The molecule has 0 fully saturated rings. The van der Waals surface area contributed by atoms with Crippen molar-refractivity contribution >= 4 is 28.8 Å². The minimum absolute atomic E-state index is 0.585. The molecule has 1 aromatic rings. The first-order chi connectivity index (χ1) is 8.29. The molecule has 0 saturated heterocycles. The van der Waals surface area contributed by atoms with Gasteiger partial charge in [0.1, 0.15) is 5.84 Å². The van der Waals surface area contributed by atoms with Crippen LogP contribution in [0.2, 0.25) is 0 Å². The lowest BCUT2D eigenvalue weighted by Crippen LogP contribution is -2.42. The number of nitrogens with zero attached hydrogens (tertiary/aromatic N) is 2. The molecular weight excluding hydrogens is 230 g/mol. The number of thioether (sulfide) groups is 1. The average molecular weight is 243 g/mol. The maximum atomic E-state index is 8.03. The first kappa shape index (κ1) is 10.6. The van der Waals surface area contributed by atoms with Crippen LogP contribution in [-0.2, 0) is 0 Å². The molecule has 0 aromatic heterocycles. The van der Waals surface area contributed by atoms with Crippen LogP contribution in [0, 0.1) is 5.41 Å². The Morgan fingerprint density at radius 2 is 2.35 bits per heavy atom. The van der Waals surface area contributed by atoms with E-state index in [0.717, 1.165) is 41.4 Å². The Bertz CT molecular complexity index is 533. The van der Waals surface area contributed by atoms with E-state index in [1.165, 1.54) is 11.8 Å². The van der Waals surface area contributed by atoms with Gasteiger partial charge in [-0.25, -0.2) is 0 Å². The molecule has 3 rings (SSSR count). The first-order valence-corrected chi connectivity index (χ1v) is 6.46. The number of rotatable bonds is 1. The topological polar surface area (TPSA) is 39.5 Å². The second-order valence-electron chi connectivity index (χ2n) is 4.08. The van der Waals surface area contributed by atoms with Gasteiger partial charge in [0, 0.05) is 23.5 Å². The summed E-state index contributed by atoms with van der Waals surface area (Å²) in [6.45, 7) is 5.56. The summed E-state index contributed by atoms with van der Waals surface area (Å²) in [5, 5.41) is 8.62. The van der Waals surface area contributed by atoms with Crippen LogP contribution in [0.15, 0.2) is 34.7 Å². The molecule has 2 aliphatic heterocycles. The van der Waals surface area contributed by atoms with Crippen LogP contribution in [0.1, 0.15) is 17.5 Å². The molecular formula is C13H13N3S. The predicted molar refractivity (Wildman–Crippen MR) is 72.8 cm³/mol. The Morgan fingerprint density at radius 1 is 1.47 bits per heavy atom. The quantitative estimate of drug-likeness (QED) is 0.823. The van der Waals surface area contributed by atoms with E-state index in [2.05, 4.69) is 23.7 Å². The summed E-state index contributed by atoms with van der Waals surface area (Å²) in [4.78, 5) is 7.70. The van der Waals surface area contributed by atoms with Crippen LogP contribution in [0.25, 0.3) is 6.08 Å².